The lowest BCUT2D eigenvalue weighted by Crippen LogP contribution is -2.57. The van der Waals surface area contributed by atoms with Crippen molar-refractivity contribution >= 4 is 41.5 Å². The zero-order valence-electron chi connectivity index (χ0n) is 25.7. The summed E-state index contributed by atoms with van der Waals surface area (Å²) in [6.45, 7) is 4.18. The van der Waals surface area contributed by atoms with Gasteiger partial charge in [0.15, 0.2) is 5.96 Å². The molecule has 250 valence electrons. The first kappa shape index (κ1) is 38.1. The number of aliphatic imine (C=N–C) groups is 1. The molecule has 45 heavy (non-hydrogen) atoms. The number of guanidine groups is 1. The van der Waals surface area contributed by atoms with Crippen LogP contribution < -0.4 is 43.8 Å². The second kappa shape index (κ2) is 19.4. The van der Waals surface area contributed by atoms with Crippen molar-refractivity contribution in [3.05, 3.63) is 29.8 Å². The monoisotopic (exact) mass is 635 g/mol. The fourth-order valence-electron chi connectivity index (χ4n) is 3.94. The molecule has 0 spiro atoms. The van der Waals surface area contributed by atoms with Crippen LogP contribution in [0.2, 0.25) is 0 Å². The number of carboxylic acid groups (broad SMARTS) is 1. The van der Waals surface area contributed by atoms with E-state index in [4.69, 9.17) is 22.3 Å². The number of phenols is 1. The molecule has 0 aliphatic rings. The van der Waals surface area contributed by atoms with Crippen molar-refractivity contribution in [2.24, 2.45) is 28.1 Å². The molecule has 1 aromatic carbocycles. The fraction of sp³-hybridized carbons (Fsp3) is 0.536. The lowest BCUT2D eigenvalue weighted by atomic mass is 10.0. The molecular formula is C28H45N9O8. The number of carbonyl (C=O) groups excluding carboxylic acids is 5. The highest BCUT2D eigenvalue weighted by Crippen LogP contribution is 2.12. The summed E-state index contributed by atoms with van der Waals surface area (Å²) in [6, 6.07) is 1.57. The van der Waals surface area contributed by atoms with Crippen LogP contribution in [0, 0.1) is 5.92 Å². The van der Waals surface area contributed by atoms with Crippen molar-refractivity contribution < 1.29 is 39.0 Å². The largest absolute Gasteiger partial charge is 0.508 e. The number of nitrogens with one attached hydrogen (secondary N) is 5. The molecule has 0 aliphatic carbocycles. The Bertz CT molecular complexity index is 1200. The van der Waals surface area contributed by atoms with E-state index in [1.54, 1.807) is 12.1 Å². The second-order valence-electron chi connectivity index (χ2n) is 10.8. The van der Waals surface area contributed by atoms with E-state index in [2.05, 4.69) is 31.6 Å². The highest BCUT2D eigenvalue weighted by atomic mass is 16.4. The maximum Gasteiger partial charge on any atom is 0.322 e. The van der Waals surface area contributed by atoms with Crippen molar-refractivity contribution in [3.8, 4) is 5.75 Å². The number of nitrogens with two attached hydrogens (primary N) is 3. The minimum absolute atomic E-state index is 0.00484. The van der Waals surface area contributed by atoms with Crippen LogP contribution in [-0.4, -0.2) is 95.5 Å². The minimum atomic E-state index is -1.25. The molecule has 0 radical (unpaired) electrons. The zero-order valence-corrected chi connectivity index (χ0v) is 25.7. The molecule has 17 heteroatoms. The summed E-state index contributed by atoms with van der Waals surface area (Å²) in [5, 5.41) is 30.6. The smallest absolute Gasteiger partial charge is 0.322 e. The van der Waals surface area contributed by atoms with E-state index in [1.165, 1.54) is 19.1 Å². The van der Waals surface area contributed by atoms with Gasteiger partial charge in [-0.3, -0.25) is 33.8 Å². The SMILES string of the molecule is CC(C)C[C@H](NC(=O)[C@H](C)NC(=O)[C@H](Cc1ccc(O)cc1)NC(=O)CNC(=O)[C@H](N)CCCN=C(N)N)C(=O)NCC(=O)O. The number of carbonyl (C=O) groups is 6. The topological polar surface area (TPSA) is 293 Å². The third-order valence-electron chi connectivity index (χ3n) is 6.26. The van der Waals surface area contributed by atoms with Crippen molar-refractivity contribution in [3.63, 3.8) is 0 Å². The number of phenolic OH excluding ortho intramolecular Hbond substituents is 1. The molecular weight excluding hydrogens is 590 g/mol. The quantitative estimate of drug-likeness (QED) is 0.0419. The number of rotatable bonds is 19. The molecule has 4 atom stereocenters. The van der Waals surface area contributed by atoms with Crippen LogP contribution in [0.4, 0.5) is 0 Å². The number of hydrogen-bond donors (Lipinski definition) is 10. The maximum atomic E-state index is 13.2. The predicted molar refractivity (Wildman–Crippen MR) is 164 cm³/mol. The Morgan fingerprint density at radius 1 is 0.822 bits per heavy atom. The number of amides is 5. The van der Waals surface area contributed by atoms with Crippen LogP contribution in [0.25, 0.3) is 0 Å². The van der Waals surface area contributed by atoms with Gasteiger partial charge in [-0.1, -0.05) is 26.0 Å². The van der Waals surface area contributed by atoms with Gasteiger partial charge in [-0.25, -0.2) is 0 Å². The van der Waals surface area contributed by atoms with Crippen molar-refractivity contribution in [2.45, 2.75) is 70.6 Å². The second-order valence-corrected chi connectivity index (χ2v) is 10.8. The van der Waals surface area contributed by atoms with Crippen LogP contribution in [0.1, 0.15) is 45.6 Å². The van der Waals surface area contributed by atoms with Crippen molar-refractivity contribution in [1.82, 2.24) is 26.6 Å². The lowest BCUT2D eigenvalue weighted by molar-refractivity contribution is -0.138. The van der Waals surface area contributed by atoms with Gasteiger partial charge in [0.05, 0.1) is 12.6 Å². The molecule has 0 aromatic heterocycles. The van der Waals surface area contributed by atoms with Crippen LogP contribution >= 0.6 is 0 Å². The van der Waals surface area contributed by atoms with Crippen LogP contribution in [-0.2, 0) is 35.2 Å². The number of aromatic hydroxyl groups is 1. The van der Waals surface area contributed by atoms with Gasteiger partial charge in [-0.05, 0) is 49.8 Å². The Labute approximate surface area is 261 Å². The summed E-state index contributed by atoms with van der Waals surface area (Å²) in [4.78, 5) is 78.3. The molecule has 0 fully saturated rings. The van der Waals surface area contributed by atoms with Crippen molar-refractivity contribution in [1.29, 1.82) is 0 Å². The first-order chi connectivity index (χ1) is 21.1. The standard InChI is InChI=1S/C28H45N9O8/c1-15(2)11-20(26(44)34-14-23(40)41)37-24(42)16(3)35-27(45)21(12-17-6-8-18(38)9-7-17)36-22(39)13-33-25(43)19(29)5-4-10-32-28(30)31/h6-9,15-16,19-21,38H,4-5,10-14,29H2,1-3H3,(H,33,43)(H,34,44)(H,35,45)(H,36,39)(H,37,42)(H,40,41)(H4,30,31,32)/t16-,19+,20-,21-/m0/s1. The van der Waals surface area contributed by atoms with Gasteiger partial charge in [0.25, 0.3) is 0 Å². The molecule has 5 amide bonds. The van der Waals surface area contributed by atoms with E-state index in [-0.39, 0.29) is 43.4 Å². The van der Waals surface area contributed by atoms with Gasteiger partial charge < -0.3 is 54.0 Å². The Morgan fingerprint density at radius 2 is 1.44 bits per heavy atom. The van der Waals surface area contributed by atoms with E-state index < -0.39 is 72.8 Å². The molecule has 1 rings (SSSR count). The Morgan fingerprint density at radius 3 is 2.02 bits per heavy atom. The summed E-state index contributed by atoms with van der Waals surface area (Å²) in [5.41, 5.74) is 16.9. The van der Waals surface area contributed by atoms with Gasteiger partial charge >= 0.3 is 5.97 Å². The van der Waals surface area contributed by atoms with Gasteiger partial charge in [-0.15, -0.1) is 0 Å². The first-order valence-corrected chi connectivity index (χ1v) is 14.3. The van der Waals surface area contributed by atoms with Crippen molar-refractivity contribution in [2.75, 3.05) is 19.6 Å². The Balaban J connectivity index is 2.89. The third-order valence-corrected chi connectivity index (χ3v) is 6.26. The lowest BCUT2D eigenvalue weighted by Gasteiger charge is -2.24. The number of nitrogens with zero attached hydrogens (tertiary/aromatic N) is 1. The summed E-state index contributed by atoms with van der Waals surface area (Å²) >= 11 is 0. The van der Waals surface area contributed by atoms with E-state index in [9.17, 15) is 33.9 Å². The predicted octanol–water partition coefficient (Wildman–Crippen LogP) is -2.85. The van der Waals surface area contributed by atoms with E-state index >= 15 is 0 Å². The molecule has 0 saturated heterocycles. The Hall–Kier alpha value is -4.93. The molecule has 0 aliphatic heterocycles. The fourth-order valence-corrected chi connectivity index (χ4v) is 3.94. The number of carboxylic acids is 1. The minimum Gasteiger partial charge on any atom is -0.508 e. The number of aliphatic carboxylic acids is 1. The number of benzene rings is 1. The van der Waals surface area contributed by atoms with E-state index in [1.807, 2.05) is 13.8 Å². The number of hydrogen-bond acceptors (Lipinski definition) is 9. The highest BCUT2D eigenvalue weighted by molar-refractivity contribution is 5.95. The molecule has 0 saturated carbocycles. The Kier molecular flexibility index (Phi) is 16.4. The van der Waals surface area contributed by atoms with Gasteiger partial charge in [0.2, 0.25) is 29.5 Å². The zero-order chi connectivity index (χ0) is 34.1. The first-order valence-electron chi connectivity index (χ1n) is 14.3. The van der Waals surface area contributed by atoms with Gasteiger partial charge in [0, 0.05) is 13.0 Å². The summed E-state index contributed by atoms with van der Waals surface area (Å²) in [7, 11) is 0. The summed E-state index contributed by atoms with van der Waals surface area (Å²) in [5.74, 6) is -4.81. The van der Waals surface area contributed by atoms with Gasteiger partial charge in [0.1, 0.15) is 30.4 Å². The third kappa shape index (κ3) is 15.9. The molecule has 0 bridgehead atoms. The van der Waals surface area contributed by atoms with E-state index in [0.717, 1.165) is 0 Å². The van der Waals surface area contributed by atoms with Crippen LogP contribution in [0.3, 0.4) is 0 Å². The molecule has 1 aromatic rings. The summed E-state index contributed by atoms with van der Waals surface area (Å²) < 4.78 is 0. The summed E-state index contributed by atoms with van der Waals surface area (Å²) in [6.07, 6.45) is 0.876. The van der Waals surface area contributed by atoms with Gasteiger partial charge in [-0.2, -0.15) is 0 Å². The normalized spacial score (nSPS) is 13.4. The average Bonchev–Trinajstić information content (AvgIpc) is 2.96. The van der Waals surface area contributed by atoms with Crippen LogP contribution in [0.15, 0.2) is 29.3 Å². The highest BCUT2D eigenvalue weighted by Gasteiger charge is 2.28. The van der Waals surface area contributed by atoms with Crippen LogP contribution in [0.5, 0.6) is 5.75 Å². The molecule has 0 unspecified atom stereocenters. The average molecular weight is 636 g/mol. The molecule has 0 heterocycles. The molecule has 17 nitrogen and oxygen atoms in total. The van der Waals surface area contributed by atoms with E-state index in [0.29, 0.717) is 12.0 Å². The molecule has 13 N–H and O–H groups in total. The maximum absolute atomic E-state index is 13.2.